The summed E-state index contributed by atoms with van der Waals surface area (Å²) in [6.07, 6.45) is 7.14. The number of piperidine rings is 1. The van der Waals surface area contributed by atoms with E-state index in [0.29, 0.717) is 36.2 Å². The van der Waals surface area contributed by atoms with Gasteiger partial charge < -0.3 is 15.0 Å². The van der Waals surface area contributed by atoms with Crippen molar-refractivity contribution < 1.29 is 13.9 Å². The minimum atomic E-state index is -0.276. The maximum Gasteiger partial charge on any atom is 0.257 e. The van der Waals surface area contributed by atoms with E-state index >= 15 is 0 Å². The van der Waals surface area contributed by atoms with Gasteiger partial charge in [-0.1, -0.05) is 0 Å². The third-order valence-corrected chi connectivity index (χ3v) is 8.49. The average molecular weight is 540 g/mol. The number of aromatic nitrogens is 5. The number of ether oxygens (including phenoxy) is 1. The van der Waals surface area contributed by atoms with Gasteiger partial charge in [-0.25, -0.2) is 24.0 Å². The van der Waals surface area contributed by atoms with Gasteiger partial charge in [0.1, 0.15) is 11.9 Å². The van der Waals surface area contributed by atoms with Crippen LogP contribution in [-0.4, -0.2) is 61.3 Å². The Balaban J connectivity index is 1.07. The first-order valence-electron chi connectivity index (χ1n) is 13.7. The van der Waals surface area contributed by atoms with Gasteiger partial charge >= 0.3 is 0 Å². The fraction of sp³-hybridized carbons (Fsp3) is 0.367. The Labute approximate surface area is 231 Å². The maximum atomic E-state index is 13.6. The molecule has 10 heteroatoms. The summed E-state index contributed by atoms with van der Waals surface area (Å²) in [6.45, 7) is 6.26. The van der Waals surface area contributed by atoms with E-state index in [1.54, 1.807) is 41.5 Å². The lowest BCUT2D eigenvalue weighted by atomic mass is 9.90. The van der Waals surface area contributed by atoms with E-state index in [2.05, 4.69) is 33.4 Å². The third kappa shape index (κ3) is 4.42. The molecule has 0 spiro atoms. The van der Waals surface area contributed by atoms with Gasteiger partial charge in [-0.2, -0.15) is 5.10 Å². The number of aryl methyl sites for hydroxylation is 1. The predicted octanol–water partition coefficient (Wildman–Crippen LogP) is 3.92. The summed E-state index contributed by atoms with van der Waals surface area (Å²) >= 11 is 0. The van der Waals surface area contributed by atoms with Crippen molar-refractivity contribution in [2.45, 2.75) is 38.3 Å². The molecule has 1 saturated carbocycles. The number of pyridine rings is 1. The molecule has 40 heavy (non-hydrogen) atoms. The highest BCUT2D eigenvalue weighted by atomic mass is 19.1. The zero-order valence-electron chi connectivity index (χ0n) is 22.4. The Bertz CT molecular complexity index is 1550. The molecule has 3 aliphatic rings. The lowest BCUT2D eigenvalue weighted by molar-refractivity contribution is 0.0751. The number of carbonyl (C=O) groups excluding carboxylic acids is 1. The van der Waals surface area contributed by atoms with Crippen molar-refractivity contribution in [3.05, 3.63) is 83.7 Å². The molecule has 9 nitrogen and oxygen atoms in total. The Morgan fingerprint density at radius 1 is 1.12 bits per heavy atom. The van der Waals surface area contributed by atoms with Crippen LogP contribution in [0.3, 0.4) is 0 Å². The van der Waals surface area contributed by atoms with E-state index in [1.165, 1.54) is 12.1 Å². The molecule has 3 aromatic heterocycles. The quantitative estimate of drug-likeness (QED) is 0.397. The van der Waals surface area contributed by atoms with Crippen molar-refractivity contribution in [3.8, 4) is 23.1 Å². The van der Waals surface area contributed by atoms with Crippen LogP contribution in [0.5, 0.6) is 5.88 Å². The topological polar surface area (TPSA) is 98.1 Å². The number of hydrogen-bond donors (Lipinski definition) is 1. The zero-order valence-corrected chi connectivity index (χ0v) is 22.4. The second-order valence-corrected chi connectivity index (χ2v) is 11.2. The minimum absolute atomic E-state index is 0.0127. The van der Waals surface area contributed by atoms with Gasteiger partial charge in [0.05, 0.1) is 17.0 Å². The molecule has 1 aliphatic carbocycles. The van der Waals surface area contributed by atoms with Crippen LogP contribution < -0.4 is 10.1 Å². The summed E-state index contributed by atoms with van der Waals surface area (Å²) in [5.41, 5.74) is 3.77. The summed E-state index contributed by atoms with van der Waals surface area (Å²) in [4.78, 5) is 28.5. The van der Waals surface area contributed by atoms with Gasteiger partial charge in [-0.3, -0.25) is 4.79 Å². The first-order valence-corrected chi connectivity index (χ1v) is 13.7. The molecule has 1 N–H and O–H groups in total. The van der Waals surface area contributed by atoms with Gasteiger partial charge in [0.15, 0.2) is 0 Å². The van der Waals surface area contributed by atoms with Crippen molar-refractivity contribution >= 4 is 5.91 Å². The Morgan fingerprint density at radius 3 is 2.58 bits per heavy atom. The summed E-state index contributed by atoms with van der Waals surface area (Å²) in [6, 6.07) is 12.3. The van der Waals surface area contributed by atoms with Crippen LogP contribution in [0.15, 0.2) is 61.1 Å². The summed E-state index contributed by atoms with van der Waals surface area (Å²) in [5, 5.41) is 8.07. The van der Waals surface area contributed by atoms with Crippen LogP contribution in [0.2, 0.25) is 0 Å². The van der Waals surface area contributed by atoms with E-state index in [1.807, 2.05) is 17.9 Å². The molecular formula is C30H30FN7O2. The van der Waals surface area contributed by atoms with Gasteiger partial charge in [0.2, 0.25) is 11.8 Å². The normalized spacial score (nSPS) is 25.2. The molecule has 4 atom stereocenters. The van der Waals surface area contributed by atoms with Crippen LogP contribution in [-0.2, 0) is 5.54 Å². The number of likely N-dealkylation sites (tertiary alicyclic amines) is 1. The molecule has 0 bridgehead atoms. The van der Waals surface area contributed by atoms with Crippen molar-refractivity contribution in [2.75, 3.05) is 19.6 Å². The fourth-order valence-electron chi connectivity index (χ4n) is 6.10. The molecule has 0 radical (unpaired) electrons. The Hall–Kier alpha value is -4.18. The molecule has 3 fully saturated rings. The molecule has 1 aromatic carbocycles. The van der Waals surface area contributed by atoms with E-state index in [4.69, 9.17) is 9.72 Å². The van der Waals surface area contributed by atoms with Crippen LogP contribution in [0.25, 0.3) is 17.2 Å². The van der Waals surface area contributed by atoms with Gasteiger partial charge in [0.25, 0.3) is 5.91 Å². The Kier molecular flexibility index (Phi) is 5.88. The smallest absolute Gasteiger partial charge is 0.257 e. The summed E-state index contributed by atoms with van der Waals surface area (Å²) in [5.74, 6) is 1.21. The van der Waals surface area contributed by atoms with E-state index in [9.17, 15) is 9.18 Å². The van der Waals surface area contributed by atoms with Crippen molar-refractivity contribution in [3.63, 3.8) is 0 Å². The molecule has 204 valence electrons. The van der Waals surface area contributed by atoms with Crippen LogP contribution in [0.1, 0.15) is 41.4 Å². The zero-order chi connectivity index (χ0) is 27.4. The SMILES string of the molecule is Cc1nn(-c2ncccn2)cc1C(=O)N1CC2C(Oc3cc(C4(C)CCCN4)cc(-c4ccc(F)cc4)n3)[C@@H]2C1. The number of amides is 1. The summed E-state index contributed by atoms with van der Waals surface area (Å²) in [7, 11) is 0. The molecule has 4 aromatic rings. The molecule has 5 heterocycles. The second-order valence-electron chi connectivity index (χ2n) is 11.2. The lowest BCUT2D eigenvalue weighted by Crippen LogP contribution is -2.34. The number of halogens is 1. The first-order chi connectivity index (χ1) is 19.4. The van der Waals surface area contributed by atoms with Gasteiger partial charge in [0, 0.05) is 60.7 Å². The molecular weight excluding hydrogens is 509 g/mol. The highest BCUT2D eigenvalue weighted by Gasteiger charge is 2.59. The maximum absolute atomic E-state index is 13.6. The largest absolute Gasteiger partial charge is 0.474 e. The van der Waals surface area contributed by atoms with Crippen molar-refractivity contribution in [1.82, 2.24) is 34.9 Å². The number of rotatable bonds is 6. The number of nitrogens with one attached hydrogen (secondary N) is 1. The van der Waals surface area contributed by atoms with Gasteiger partial charge in [-0.05, 0) is 75.2 Å². The highest BCUT2D eigenvalue weighted by molar-refractivity contribution is 5.95. The standard InChI is InChI=1S/C30H30FN7O2/c1-18-22(17-38(36-18)29-32-10-4-11-33-29)28(39)37-15-23-24(16-37)27(23)40-26-14-20(30(2)9-3-12-34-30)13-25(35-26)19-5-7-21(31)8-6-19/h4-8,10-11,13-14,17,23-24,27,34H,3,9,12,15-16H2,1-2H3/t23-,24?,27?,30?/m1/s1. The van der Waals surface area contributed by atoms with Crippen LogP contribution in [0, 0.1) is 24.6 Å². The van der Waals surface area contributed by atoms with E-state index in [0.717, 1.165) is 36.2 Å². The van der Waals surface area contributed by atoms with Crippen molar-refractivity contribution in [1.29, 1.82) is 0 Å². The van der Waals surface area contributed by atoms with E-state index < -0.39 is 0 Å². The predicted molar refractivity (Wildman–Crippen MR) is 145 cm³/mol. The number of benzene rings is 1. The molecule has 3 unspecified atom stereocenters. The Morgan fingerprint density at radius 2 is 1.88 bits per heavy atom. The molecule has 2 saturated heterocycles. The first kappa shape index (κ1) is 24.8. The fourth-order valence-corrected chi connectivity index (χ4v) is 6.10. The number of nitrogens with zero attached hydrogens (tertiary/aromatic N) is 6. The number of fused-ring (bicyclic) bond motifs is 1. The molecule has 1 amide bonds. The average Bonchev–Trinajstić information content (AvgIpc) is 3.41. The summed E-state index contributed by atoms with van der Waals surface area (Å²) < 4.78 is 21.6. The minimum Gasteiger partial charge on any atom is -0.474 e. The molecule has 2 aliphatic heterocycles. The van der Waals surface area contributed by atoms with Crippen molar-refractivity contribution in [2.24, 2.45) is 11.8 Å². The second kappa shape index (κ2) is 9.48. The lowest BCUT2D eigenvalue weighted by Gasteiger charge is -2.26. The number of hydrogen-bond acceptors (Lipinski definition) is 7. The third-order valence-electron chi connectivity index (χ3n) is 8.49. The van der Waals surface area contributed by atoms with Gasteiger partial charge in [-0.15, -0.1) is 0 Å². The van der Waals surface area contributed by atoms with Crippen LogP contribution >= 0.6 is 0 Å². The number of carbonyl (C=O) groups is 1. The molecule has 7 rings (SSSR count). The van der Waals surface area contributed by atoms with Crippen LogP contribution in [0.4, 0.5) is 4.39 Å². The highest BCUT2D eigenvalue weighted by Crippen LogP contribution is 2.48. The van der Waals surface area contributed by atoms with E-state index in [-0.39, 0.29) is 35.2 Å². The monoisotopic (exact) mass is 539 g/mol.